The third-order valence-corrected chi connectivity index (χ3v) is 6.62. The lowest BCUT2D eigenvalue weighted by atomic mass is 10.0. The fourth-order valence-electron chi connectivity index (χ4n) is 3.72. The average Bonchev–Trinajstić information content (AvgIpc) is 3.26. The van der Waals surface area contributed by atoms with Gasteiger partial charge >= 0.3 is 18.3 Å². The molecule has 35 heavy (non-hydrogen) atoms. The third-order valence-electron chi connectivity index (χ3n) is 5.53. The van der Waals surface area contributed by atoms with Gasteiger partial charge in [0.05, 0.1) is 33.0 Å². The summed E-state index contributed by atoms with van der Waals surface area (Å²) >= 11 is 1.04. The molecule has 0 spiro atoms. The Morgan fingerprint density at radius 1 is 1.20 bits per heavy atom. The summed E-state index contributed by atoms with van der Waals surface area (Å²) in [6.45, 7) is 0. The van der Waals surface area contributed by atoms with Gasteiger partial charge in [0, 0.05) is 25.4 Å². The molecule has 0 bridgehead atoms. The molecule has 2 aromatic rings. The first-order chi connectivity index (χ1) is 16.1. The molecule has 1 aliphatic carbocycles. The lowest BCUT2D eigenvalue weighted by Crippen LogP contribution is -2.36. The molecular formula is C20H18F8N4O2S. The van der Waals surface area contributed by atoms with E-state index in [-0.39, 0.29) is 35.2 Å². The molecule has 6 nitrogen and oxygen atoms in total. The smallest absolute Gasteiger partial charge is 0.355 e. The van der Waals surface area contributed by atoms with Crippen molar-refractivity contribution in [2.24, 2.45) is 18.7 Å². The van der Waals surface area contributed by atoms with Crippen molar-refractivity contribution in [1.82, 2.24) is 15.0 Å². The Morgan fingerprint density at radius 3 is 2.43 bits per heavy atom. The minimum absolute atomic E-state index is 0.0796. The first kappa shape index (κ1) is 25.5. The number of aromatic nitrogens is 2. The van der Waals surface area contributed by atoms with Crippen LogP contribution in [0.2, 0.25) is 0 Å². The predicted octanol–water partition coefficient (Wildman–Crippen LogP) is 5.01. The van der Waals surface area contributed by atoms with Crippen molar-refractivity contribution in [1.29, 1.82) is 0 Å². The first-order valence-electron chi connectivity index (χ1n) is 10.2. The van der Waals surface area contributed by atoms with E-state index in [1.54, 1.807) is 0 Å². The van der Waals surface area contributed by atoms with Gasteiger partial charge in [0.2, 0.25) is 5.91 Å². The maximum Gasteiger partial charge on any atom is 0.458 e. The van der Waals surface area contributed by atoms with Crippen LogP contribution in [-0.2, 0) is 23.9 Å². The molecule has 1 aliphatic heterocycles. The molecule has 192 valence electrons. The van der Waals surface area contributed by atoms with E-state index >= 15 is 0 Å². The predicted molar refractivity (Wildman–Crippen MR) is 109 cm³/mol. The van der Waals surface area contributed by atoms with Gasteiger partial charge in [-0.2, -0.15) is 35.1 Å². The van der Waals surface area contributed by atoms with Crippen molar-refractivity contribution in [2.75, 3.05) is 0 Å². The van der Waals surface area contributed by atoms with Crippen LogP contribution in [-0.4, -0.2) is 33.2 Å². The van der Waals surface area contributed by atoms with Gasteiger partial charge in [0.25, 0.3) is 0 Å². The van der Waals surface area contributed by atoms with Crippen LogP contribution < -0.4 is 11.1 Å². The Balaban J connectivity index is 1.76. The second-order valence-corrected chi connectivity index (χ2v) is 9.62. The number of carbonyl (C=O) groups is 1. The Morgan fingerprint density at radius 2 is 1.86 bits per heavy atom. The fourth-order valence-corrected chi connectivity index (χ4v) is 4.81. The molecule has 2 aliphatic rings. The topological polar surface area (TPSA) is 86.1 Å². The van der Waals surface area contributed by atoms with Crippen molar-refractivity contribution < 1.29 is 44.4 Å². The number of halogens is 8. The van der Waals surface area contributed by atoms with Gasteiger partial charge in [-0.1, -0.05) is 11.2 Å². The lowest BCUT2D eigenvalue weighted by Gasteiger charge is -2.24. The maximum atomic E-state index is 14.3. The quantitative estimate of drug-likeness (QED) is 0.531. The highest BCUT2D eigenvalue weighted by molar-refractivity contribution is 8.08. The molecule has 2 aromatic heterocycles. The van der Waals surface area contributed by atoms with E-state index in [1.165, 1.54) is 6.08 Å². The van der Waals surface area contributed by atoms with Crippen LogP contribution in [0.15, 0.2) is 22.9 Å². The molecule has 1 saturated carbocycles. The van der Waals surface area contributed by atoms with Crippen molar-refractivity contribution in [3.8, 4) is 11.4 Å². The van der Waals surface area contributed by atoms with Crippen LogP contribution in [0.3, 0.4) is 0 Å². The number of amides is 1. The van der Waals surface area contributed by atoms with Gasteiger partial charge in [0.1, 0.15) is 5.69 Å². The summed E-state index contributed by atoms with van der Waals surface area (Å²) < 4.78 is 114. The van der Waals surface area contributed by atoms with E-state index in [0.717, 1.165) is 37.7 Å². The van der Waals surface area contributed by atoms with E-state index in [2.05, 4.69) is 10.5 Å². The molecule has 1 amide bonds. The number of hydrogen-bond donors (Lipinski definition) is 2. The zero-order chi connectivity index (χ0) is 25.9. The van der Waals surface area contributed by atoms with Crippen LogP contribution in [0.1, 0.15) is 36.1 Å². The van der Waals surface area contributed by atoms with Crippen LogP contribution in [0.4, 0.5) is 35.1 Å². The van der Waals surface area contributed by atoms with Crippen LogP contribution in [0.5, 0.6) is 0 Å². The zero-order valence-electron chi connectivity index (χ0n) is 17.8. The number of aryl methyl sites for hydroxylation is 1. The van der Waals surface area contributed by atoms with E-state index in [4.69, 9.17) is 10.3 Å². The van der Waals surface area contributed by atoms with Crippen LogP contribution in [0.25, 0.3) is 16.3 Å². The van der Waals surface area contributed by atoms with E-state index in [0.29, 0.717) is 4.57 Å². The van der Waals surface area contributed by atoms with Crippen molar-refractivity contribution in [3.63, 3.8) is 0 Å². The number of nitrogens with zero attached hydrogens (tertiary/aromatic N) is 2. The Kier molecular flexibility index (Phi) is 6.23. The van der Waals surface area contributed by atoms with E-state index in [9.17, 15) is 39.9 Å². The average molecular weight is 530 g/mol. The number of nitrogens with one attached hydrogen (secondary N) is 1. The maximum absolute atomic E-state index is 14.3. The van der Waals surface area contributed by atoms with Crippen LogP contribution in [0, 0.1) is 5.92 Å². The molecule has 15 heteroatoms. The zero-order valence-corrected chi connectivity index (χ0v) is 18.6. The number of rotatable bonds is 5. The summed E-state index contributed by atoms with van der Waals surface area (Å²) in [5.41, 5.74) is -0.213. The second kappa shape index (κ2) is 8.54. The summed E-state index contributed by atoms with van der Waals surface area (Å²) in [5, 5.41) is 5.71. The highest BCUT2D eigenvalue weighted by atomic mass is 32.2. The minimum Gasteiger partial charge on any atom is -0.355 e. The van der Waals surface area contributed by atoms with Gasteiger partial charge in [-0.25, -0.2) is 0 Å². The summed E-state index contributed by atoms with van der Waals surface area (Å²) in [6.07, 6.45) is -8.18. The number of hydrogen-bond acceptors (Lipinski definition) is 5. The molecule has 3 heterocycles. The Bertz CT molecular complexity index is 1160. The Labute approximate surface area is 196 Å². The molecule has 0 radical (unpaired) electrons. The SMILES string of the molecule is Cn1cc(C(F)(F)F)c(C(F)(F)C(F)(F)F)c1-c1cc(C2=CC(C(=O)NC3CC3)CC(N)S2)on1. The summed E-state index contributed by atoms with van der Waals surface area (Å²) in [5.74, 6) is -6.92. The highest BCUT2D eigenvalue weighted by Gasteiger charge is 2.63. The summed E-state index contributed by atoms with van der Waals surface area (Å²) in [4.78, 5) is 12.7. The molecule has 4 rings (SSSR count). The van der Waals surface area contributed by atoms with Crippen molar-refractivity contribution in [3.05, 3.63) is 35.2 Å². The van der Waals surface area contributed by atoms with Gasteiger partial charge in [-0.3, -0.25) is 4.79 Å². The van der Waals surface area contributed by atoms with Gasteiger partial charge in [-0.05, 0) is 19.3 Å². The number of thioether (sulfide) groups is 1. The van der Waals surface area contributed by atoms with Gasteiger partial charge < -0.3 is 20.1 Å². The summed E-state index contributed by atoms with van der Waals surface area (Å²) in [6, 6.07) is 1.02. The standard InChI is InChI=1S/C20H18F8N4O2S/c1-32-7-10(19(23,24)25)15(18(21,22)20(26,27)28)16(32)11-6-12(34-31-11)13-4-8(5-14(29)35-13)17(33)30-9-2-3-9/h4,6-9,14H,2-3,5,29H2,1H3,(H,30,33). The number of nitrogens with two attached hydrogens (primary N) is 1. The van der Waals surface area contributed by atoms with Gasteiger partial charge in [-0.15, -0.1) is 11.8 Å². The minimum atomic E-state index is -6.30. The lowest BCUT2D eigenvalue weighted by molar-refractivity contribution is -0.290. The monoisotopic (exact) mass is 530 g/mol. The molecule has 3 N–H and O–H groups in total. The molecule has 1 fully saturated rings. The second-order valence-electron chi connectivity index (χ2n) is 8.34. The molecule has 2 atom stereocenters. The van der Waals surface area contributed by atoms with E-state index in [1.807, 2.05) is 0 Å². The van der Waals surface area contributed by atoms with Crippen LogP contribution >= 0.6 is 11.8 Å². The molecule has 0 saturated heterocycles. The largest absolute Gasteiger partial charge is 0.458 e. The van der Waals surface area contributed by atoms with E-state index < -0.39 is 52.1 Å². The third kappa shape index (κ3) is 4.92. The number of carbonyl (C=O) groups excluding carboxylic acids is 1. The number of alkyl halides is 8. The van der Waals surface area contributed by atoms with Crippen molar-refractivity contribution in [2.45, 2.75) is 49.0 Å². The normalized spacial score (nSPS) is 21.7. The first-order valence-corrected chi connectivity index (χ1v) is 11.1. The Hall–Kier alpha value is -2.55. The van der Waals surface area contributed by atoms with Crippen molar-refractivity contribution >= 4 is 22.6 Å². The molecule has 0 aromatic carbocycles. The highest BCUT2D eigenvalue weighted by Crippen LogP contribution is 2.52. The molecular weight excluding hydrogens is 512 g/mol. The molecule has 2 unspecified atom stereocenters. The fraction of sp³-hybridized carbons (Fsp3) is 0.500. The summed E-state index contributed by atoms with van der Waals surface area (Å²) in [7, 11) is 0.887. The van der Waals surface area contributed by atoms with Gasteiger partial charge in [0.15, 0.2) is 5.76 Å².